The summed E-state index contributed by atoms with van der Waals surface area (Å²) in [7, 11) is -3.93. The van der Waals surface area contributed by atoms with E-state index >= 15 is 0 Å². The molecule has 1 heterocycles. The minimum atomic E-state index is -3.93. The molecule has 0 amide bonds. The number of aryl methyl sites for hydroxylation is 2. The molecule has 130 valence electrons. The number of halogens is 2. The first-order chi connectivity index (χ1) is 11.8. The maximum Gasteiger partial charge on any atom is 0.261 e. The van der Waals surface area contributed by atoms with Gasteiger partial charge in [-0.2, -0.15) is 0 Å². The van der Waals surface area contributed by atoms with Gasteiger partial charge in [-0.3, -0.25) is 4.72 Å². The molecule has 8 heteroatoms. The largest absolute Gasteiger partial charge is 0.361 e. The molecule has 0 aliphatic carbocycles. The molecule has 1 N–H and O–H groups in total. The predicted molar refractivity (Wildman–Crippen MR) is 88.6 cm³/mol. The molecule has 0 fully saturated rings. The first-order valence-electron chi connectivity index (χ1n) is 7.29. The number of hydrogen-bond acceptors (Lipinski definition) is 4. The Morgan fingerprint density at radius 1 is 1.00 bits per heavy atom. The van der Waals surface area contributed by atoms with Crippen LogP contribution in [0, 0.1) is 25.5 Å². The zero-order valence-electron chi connectivity index (χ0n) is 13.4. The second-order valence-electron chi connectivity index (χ2n) is 5.46. The van der Waals surface area contributed by atoms with E-state index in [1.165, 1.54) is 12.1 Å². The molecule has 0 atom stereocenters. The Balaban J connectivity index is 1.89. The van der Waals surface area contributed by atoms with E-state index in [0.717, 1.165) is 29.3 Å². The summed E-state index contributed by atoms with van der Waals surface area (Å²) in [6, 6.07) is 8.89. The van der Waals surface area contributed by atoms with Gasteiger partial charge in [0.25, 0.3) is 10.0 Å². The maximum absolute atomic E-state index is 13.2. The van der Waals surface area contributed by atoms with Crippen molar-refractivity contribution in [3.05, 3.63) is 65.6 Å². The van der Waals surface area contributed by atoms with Crippen LogP contribution in [0.15, 0.2) is 51.9 Å². The average molecular weight is 364 g/mol. The van der Waals surface area contributed by atoms with Crippen molar-refractivity contribution in [1.82, 2.24) is 5.16 Å². The Hall–Kier alpha value is -2.74. The van der Waals surface area contributed by atoms with Crippen LogP contribution in [0.5, 0.6) is 0 Å². The molecule has 0 saturated heterocycles. The van der Waals surface area contributed by atoms with E-state index in [1.54, 1.807) is 26.0 Å². The lowest BCUT2D eigenvalue weighted by molar-refractivity contribution is 0.393. The lowest BCUT2D eigenvalue weighted by atomic mass is 10.0. The summed E-state index contributed by atoms with van der Waals surface area (Å²) in [5.74, 6) is -1.55. The number of nitrogens with one attached hydrogen (secondary N) is 1. The highest BCUT2D eigenvalue weighted by molar-refractivity contribution is 7.92. The van der Waals surface area contributed by atoms with Crippen molar-refractivity contribution < 1.29 is 21.7 Å². The Bertz CT molecular complexity index is 1010. The minimum Gasteiger partial charge on any atom is -0.361 e. The molecule has 0 radical (unpaired) electrons. The lowest BCUT2D eigenvalue weighted by Crippen LogP contribution is -2.13. The lowest BCUT2D eigenvalue weighted by Gasteiger charge is -2.09. The van der Waals surface area contributed by atoms with Crippen molar-refractivity contribution in [1.29, 1.82) is 0 Å². The summed E-state index contributed by atoms with van der Waals surface area (Å²) < 4.78 is 58.2. The highest BCUT2D eigenvalue weighted by Gasteiger charge is 2.17. The molecular weight excluding hydrogens is 350 g/mol. The Kier molecular flexibility index (Phi) is 4.30. The molecule has 0 bridgehead atoms. The summed E-state index contributed by atoms with van der Waals surface area (Å²) in [6.07, 6.45) is 0. The summed E-state index contributed by atoms with van der Waals surface area (Å²) >= 11 is 0. The van der Waals surface area contributed by atoms with Crippen molar-refractivity contribution in [2.75, 3.05) is 4.72 Å². The standard InChI is InChI=1S/C17H14F2N2O3S/c1-10-17(11(2)24-20-10)12-3-6-14(7-4-12)25(22,23)21-13-5-8-15(18)16(19)9-13/h3-9,21H,1-2H3. The third-order valence-corrected chi connectivity index (χ3v) is 5.06. The quantitative estimate of drug-likeness (QED) is 0.758. The predicted octanol–water partition coefficient (Wildman–Crippen LogP) is 4.04. The van der Waals surface area contributed by atoms with Crippen molar-refractivity contribution in [3.63, 3.8) is 0 Å². The van der Waals surface area contributed by atoms with Gasteiger partial charge in [-0.25, -0.2) is 17.2 Å². The van der Waals surface area contributed by atoms with Crippen LogP contribution in [-0.2, 0) is 10.0 Å². The summed E-state index contributed by atoms with van der Waals surface area (Å²) in [4.78, 5) is -0.00672. The second-order valence-corrected chi connectivity index (χ2v) is 7.14. The smallest absolute Gasteiger partial charge is 0.261 e. The average Bonchev–Trinajstić information content (AvgIpc) is 2.90. The number of rotatable bonds is 4. The Labute approximate surface area is 143 Å². The van der Waals surface area contributed by atoms with Crippen LogP contribution in [-0.4, -0.2) is 13.6 Å². The molecule has 5 nitrogen and oxygen atoms in total. The fourth-order valence-electron chi connectivity index (χ4n) is 2.47. The van der Waals surface area contributed by atoms with E-state index < -0.39 is 21.7 Å². The molecule has 0 unspecified atom stereocenters. The number of anilines is 1. The first kappa shape index (κ1) is 17.1. The SMILES string of the molecule is Cc1noc(C)c1-c1ccc(S(=O)(=O)Nc2ccc(F)c(F)c2)cc1. The van der Waals surface area contributed by atoms with Gasteiger partial charge in [0, 0.05) is 11.6 Å². The molecule has 0 aliphatic heterocycles. The van der Waals surface area contributed by atoms with Gasteiger partial charge in [0.2, 0.25) is 0 Å². The fraction of sp³-hybridized carbons (Fsp3) is 0.118. The number of aromatic nitrogens is 1. The molecule has 25 heavy (non-hydrogen) atoms. The number of hydrogen-bond donors (Lipinski definition) is 1. The van der Waals surface area contributed by atoms with Crippen LogP contribution in [0.4, 0.5) is 14.5 Å². The van der Waals surface area contributed by atoms with Gasteiger partial charge in [0.05, 0.1) is 16.3 Å². The van der Waals surface area contributed by atoms with Crippen LogP contribution < -0.4 is 4.72 Å². The van der Waals surface area contributed by atoms with E-state index in [2.05, 4.69) is 9.88 Å². The highest BCUT2D eigenvalue weighted by Crippen LogP contribution is 2.28. The van der Waals surface area contributed by atoms with Gasteiger partial charge in [0.1, 0.15) is 5.76 Å². The molecule has 0 spiro atoms. The summed E-state index contributed by atoms with van der Waals surface area (Å²) in [5, 5.41) is 3.86. The normalized spacial score (nSPS) is 11.5. The molecule has 0 aliphatic rings. The summed E-state index contributed by atoms with van der Waals surface area (Å²) in [6.45, 7) is 3.56. The number of nitrogens with zero attached hydrogens (tertiary/aromatic N) is 1. The topological polar surface area (TPSA) is 72.2 Å². The molecule has 3 rings (SSSR count). The highest BCUT2D eigenvalue weighted by atomic mass is 32.2. The van der Waals surface area contributed by atoms with Crippen molar-refractivity contribution in [2.24, 2.45) is 0 Å². The molecule has 0 saturated carbocycles. The van der Waals surface area contributed by atoms with E-state index in [0.29, 0.717) is 11.5 Å². The van der Waals surface area contributed by atoms with Gasteiger partial charge in [-0.1, -0.05) is 17.3 Å². The van der Waals surface area contributed by atoms with E-state index in [4.69, 9.17) is 4.52 Å². The minimum absolute atomic E-state index is 0.00672. The molecular formula is C17H14F2N2O3S. The fourth-order valence-corrected chi connectivity index (χ4v) is 3.52. The summed E-state index contributed by atoms with van der Waals surface area (Å²) in [5.41, 5.74) is 2.21. The number of sulfonamides is 1. The Morgan fingerprint density at radius 2 is 1.68 bits per heavy atom. The third kappa shape index (κ3) is 3.39. The van der Waals surface area contributed by atoms with E-state index in [1.807, 2.05) is 0 Å². The Morgan fingerprint density at radius 3 is 2.24 bits per heavy atom. The van der Waals surface area contributed by atoms with Crippen LogP contribution in [0.2, 0.25) is 0 Å². The maximum atomic E-state index is 13.2. The second kappa shape index (κ2) is 6.29. The van der Waals surface area contributed by atoms with Gasteiger partial charge in [-0.15, -0.1) is 0 Å². The first-order valence-corrected chi connectivity index (χ1v) is 8.77. The van der Waals surface area contributed by atoms with Crippen LogP contribution in [0.25, 0.3) is 11.1 Å². The van der Waals surface area contributed by atoms with Crippen molar-refractivity contribution in [3.8, 4) is 11.1 Å². The number of benzene rings is 2. The molecule has 3 aromatic rings. The van der Waals surface area contributed by atoms with Crippen LogP contribution >= 0.6 is 0 Å². The zero-order chi connectivity index (χ0) is 18.2. The van der Waals surface area contributed by atoms with Gasteiger partial charge >= 0.3 is 0 Å². The van der Waals surface area contributed by atoms with Crippen LogP contribution in [0.1, 0.15) is 11.5 Å². The van der Waals surface area contributed by atoms with Crippen molar-refractivity contribution in [2.45, 2.75) is 18.7 Å². The van der Waals surface area contributed by atoms with Gasteiger partial charge in [0.15, 0.2) is 11.6 Å². The van der Waals surface area contributed by atoms with E-state index in [-0.39, 0.29) is 10.6 Å². The molecule has 1 aromatic heterocycles. The molecule has 2 aromatic carbocycles. The van der Waals surface area contributed by atoms with E-state index in [9.17, 15) is 17.2 Å². The zero-order valence-corrected chi connectivity index (χ0v) is 14.2. The van der Waals surface area contributed by atoms with Crippen LogP contribution in [0.3, 0.4) is 0 Å². The van der Waals surface area contributed by atoms with Gasteiger partial charge < -0.3 is 4.52 Å². The van der Waals surface area contributed by atoms with Gasteiger partial charge in [-0.05, 0) is 43.7 Å². The van der Waals surface area contributed by atoms with Crippen molar-refractivity contribution >= 4 is 15.7 Å². The monoisotopic (exact) mass is 364 g/mol. The third-order valence-electron chi connectivity index (χ3n) is 3.66.